The van der Waals surface area contributed by atoms with E-state index < -0.39 is 11.4 Å². The molecule has 0 aliphatic heterocycles. The van der Waals surface area contributed by atoms with Gasteiger partial charge in [0.15, 0.2) is 0 Å². The van der Waals surface area contributed by atoms with Gasteiger partial charge in [-0.2, -0.15) is 0 Å². The van der Waals surface area contributed by atoms with Gasteiger partial charge in [0.25, 0.3) is 0 Å². The Bertz CT molecular complexity index is 319. The molecule has 1 aliphatic rings. The van der Waals surface area contributed by atoms with Gasteiger partial charge in [-0.3, -0.25) is 4.79 Å². The highest BCUT2D eigenvalue weighted by Crippen LogP contribution is 2.41. The van der Waals surface area contributed by atoms with Gasteiger partial charge in [-0.1, -0.05) is 6.42 Å². The minimum atomic E-state index is -0.665. The normalized spacial score (nSPS) is 27.6. The summed E-state index contributed by atoms with van der Waals surface area (Å²) in [5.74, 6) is -0.686. The van der Waals surface area contributed by atoms with E-state index in [1.807, 2.05) is 6.92 Å². The SMILES string of the molecule is COC(=O)/C=C1\CCCCC1(C)C(=O)OC. The zero-order valence-corrected chi connectivity index (χ0v) is 10.0. The Labute approximate surface area is 95.6 Å². The van der Waals surface area contributed by atoms with Gasteiger partial charge in [0.2, 0.25) is 0 Å². The Balaban J connectivity index is 2.99. The van der Waals surface area contributed by atoms with E-state index in [0.717, 1.165) is 31.3 Å². The molecule has 1 aliphatic carbocycles. The molecule has 0 aromatic heterocycles. The van der Waals surface area contributed by atoms with Crippen molar-refractivity contribution in [2.45, 2.75) is 32.6 Å². The molecule has 0 radical (unpaired) electrons. The van der Waals surface area contributed by atoms with Crippen molar-refractivity contribution < 1.29 is 19.1 Å². The Morgan fingerprint density at radius 1 is 1.25 bits per heavy atom. The second kappa shape index (κ2) is 5.14. The van der Waals surface area contributed by atoms with E-state index in [1.54, 1.807) is 0 Å². The van der Waals surface area contributed by atoms with Crippen molar-refractivity contribution in [3.05, 3.63) is 11.6 Å². The number of hydrogen-bond donors (Lipinski definition) is 0. The van der Waals surface area contributed by atoms with Gasteiger partial charge >= 0.3 is 11.9 Å². The first-order valence-electron chi connectivity index (χ1n) is 5.42. The van der Waals surface area contributed by atoms with Crippen LogP contribution >= 0.6 is 0 Å². The monoisotopic (exact) mass is 226 g/mol. The average molecular weight is 226 g/mol. The summed E-state index contributed by atoms with van der Waals surface area (Å²) in [6.45, 7) is 1.83. The first-order chi connectivity index (χ1) is 7.54. The molecular formula is C12H18O4. The fourth-order valence-corrected chi connectivity index (χ4v) is 2.12. The lowest BCUT2D eigenvalue weighted by Gasteiger charge is -2.33. The fourth-order valence-electron chi connectivity index (χ4n) is 2.12. The summed E-state index contributed by atoms with van der Waals surface area (Å²) in [7, 11) is 2.70. The molecule has 1 fully saturated rings. The van der Waals surface area contributed by atoms with Crippen molar-refractivity contribution in [3.8, 4) is 0 Å². The van der Waals surface area contributed by atoms with Gasteiger partial charge in [0.1, 0.15) is 0 Å². The maximum absolute atomic E-state index is 11.8. The molecular weight excluding hydrogens is 208 g/mol. The highest BCUT2D eigenvalue weighted by atomic mass is 16.5. The van der Waals surface area contributed by atoms with Gasteiger partial charge < -0.3 is 9.47 Å². The minimum Gasteiger partial charge on any atom is -0.468 e. The molecule has 0 aromatic carbocycles. The maximum Gasteiger partial charge on any atom is 0.330 e. The third-order valence-electron chi connectivity index (χ3n) is 3.21. The lowest BCUT2D eigenvalue weighted by Crippen LogP contribution is -2.34. The predicted molar refractivity (Wildman–Crippen MR) is 58.7 cm³/mol. The number of rotatable bonds is 2. The number of methoxy groups -OCH3 is 2. The third-order valence-corrected chi connectivity index (χ3v) is 3.21. The average Bonchev–Trinajstić information content (AvgIpc) is 2.30. The number of carbonyl (C=O) groups is 2. The summed E-state index contributed by atoms with van der Waals surface area (Å²) in [6, 6.07) is 0. The smallest absolute Gasteiger partial charge is 0.330 e. The van der Waals surface area contributed by atoms with Gasteiger partial charge in [-0.25, -0.2) is 4.79 Å². The molecule has 4 nitrogen and oxygen atoms in total. The molecule has 0 N–H and O–H groups in total. The molecule has 0 heterocycles. The number of esters is 2. The van der Waals surface area contributed by atoms with Gasteiger partial charge in [-0.15, -0.1) is 0 Å². The van der Waals surface area contributed by atoms with Gasteiger partial charge in [-0.05, 0) is 31.8 Å². The Kier molecular flexibility index (Phi) is 4.10. The van der Waals surface area contributed by atoms with Crippen LogP contribution in [-0.4, -0.2) is 26.2 Å². The Hall–Kier alpha value is -1.32. The van der Waals surface area contributed by atoms with E-state index in [9.17, 15) is 9.59 Å². The van der Waals surface area contributed by atoms with Crippen LogP contribution in [0.25, 0.3) is 0 Å². The van der Waals surface area contributed by atoms with Crippen LogP contribution in [0.2, 0.25) is 0 Å². The molecule has 1 unspecified atom stereocenters. The zero-order chi connectivity index (χ0) is 12.2. The molecule has 0 aromatic rings. The van der Waals surface area contributed by atoms with E-state index in [1.165, 1.54) is 20.3 Å². The van der Waals surface area contributed by atoms with E-state index in [0.29, 0.717) is 0 Å². The van der Waals surface area contributed by atoms with Crippen molar-refractivity contribution in [1.29, 1.82) is 0 Å². The van der Waals surface area contributed by atoms with Crippen molar-refractivity contribution in [3.63, 3.8) is 0 Å². The number of ether oxygens (including phenoxy) is 2. The minimum absolute atomic E-state index is 0.276. The highest BCUT2D eigenvalue weighted by Gasteiger charge is 2.40. The maximum atomic E-state index is 11.8. The first kappa shape index (κ1) is 12.7. The first-order valence-corrected chi connectivity index (χ1v) is 5.42. The number of carbonyl (C=O) groups excluding carboxylic acids is 2. The van der Waals surface area contributed by atoms with Crippen LogP contribution < -0.4 is 0 Å². The fraction of sp³-hybridized carbons (Fsp3) is 0.667. The van der Waals surface area contributed by atoms with E-state index in [-0.39, 0.29) is 5.97 Å². The summed E-state index contributed by atoms with van der Waals surface area (Å²) in [5.41, 5.74) is 0.152. The number of hydrogen-bond acceptors (Lipinski definition) is 4. The summed E-state index contributed by atoms with van der Waals surface area (Å²) < 4.78 is 9.40. The summed E-state index contributed by atoms with van der Waals surface area (Å²) >= 11 is 0. The molecule has 1 atom stereocenters. The van der Waals surface area contributed by atoms with Crippen LogP contribution in [0.5, 0.6) is 0 Å². The van der Waals surface area contributed by atoms with Crippen LogP contribution in [0.3, 0.4) is 0 Å². The lowest BCUT2D eigenvalue weighted by molar-refractivity contribution is -0.150. The molecule has 16 heavy (non-hydrogen) atoms. The summed E-state index contributed by atoms with van der Waals surface area (Å²) in [5, 5.41) is 0. The molecule has 90 valence electrons. The molecule has 1 saturated carbocycles. The largest absolute Gasteiger partial charge is 0.468 e. The lowest BCUT2D eigenvalue weighted by atomic mass is 9.71. The summed E-state index contributed by atoms with van der Waals surface area (Å²) in [6.07, 6.45) is 4.87. The molecule has 0 saturated heterocycles. The van der Waals surface area contributed by atoms with Crippen molar-refractivity contribution in [2.24, 2.45) is 5.41 Å². The van der Waals surface area contributed by atoms with Crippen LogP contribution in [0.15, 0.2) is 11.6 Å². The van der Waals surface area contributed by atoms with Gasteiger partial charge in [0.05, 0.1) is 19.6 Å². The molecule has 1 rings (SSSR count). The van der Waals surface area contributed by atoms with Crippen LogP contribution in [0.1, 0.15) is 32.6 Å². The van der Waals surface area contributed by atoms with E-state index >= 15 is 0 Å². The van der Waals surface area contributed by atoms with Crippen LogP contribution in [-0.2, 0) is 19.1 Å². The van der Waals surface area contributed by atoms with Crippen molar-refractivity contribution in [2.75, 3.05) is 14.2 Å². The van der Waals surface area contributed by atoms with E-state index in [4.69, 9.17) is 4.74 Å². The Morgan fingerprint density at radius 3 is 2.50 bits per heavy atom. The second-order valence-corrected chi connectivity index (χ2v) is 4.22. The molecule has 0 amide bonds. The van der Waals surface area contributed by atoms with Crippen LogP contribution in [0.4, 0.5) is 0 Å². The standard InChI is InChI=1S/C12H18O4/c1-12(11(14)16-3)7-5-4-6-9(12)8-10(13)15-2/h8H,4-7H2,1-3H3/b9-8+. The molecule has 0 spiro atoms. The zero-order valence-electron chi connectivity index (χ0n) is 10.0. The van der Waals surface area contributed by atoms with Crippen molar-refractivity contribution in [1.82, 2.24) is 0 Å². The summed E-state index contributed by atoms with van der Waals surface area (Å²) in [4.78, 5) is 23.0. The van der Waals surface area contributed by atoms with E-state index in [2.05, 4.69) is 4.74 Å². The van der Waals surface area contributed by atoms with Gasteiger partial charge in [0, 0.05) is 6.08 Å². The topological polar surface area (TPSA) is 52.6 Å². The molecule has 4 heteroatoms. The predicted octanol–water partition coefficient (Wildman–Crippen LogP) is 1.84. The highest BCUT2D eigenvalue weighted by molar-refractivity contribution is 5.87. The quantitative estimate of drug-likeness (QED) is 0.532. The third kappa shape index (κ3) is 2.43. The van der Waals surface area contributed by atoms with Crippen molar-refractivity contribution >= 4 is 11.9 Å². The second-order valence-electron chi connectivity index (χ2n) is 4.22. The molecule has 0 bridgehead atoms. The Morgan fingerprint density at radius 2 is 1.94 bits per heavy atom. The van der Waals surface area contributed by atoms with Crippen LogP contribution in [0, 0.1) is 5.41 Å².